The lowest BCUT2D eigenvalue weighted by molar-refractivity contribution is -0.117. The number of carbonyl (C=O) groups is 1. The van der Waals surface area contributed by atoms with Crippen molar-refractivity contribution in [2.45, 2.75) is 47.0 Å². The molecule has 1 aliphatic rings. The van der Waals surface area contributed by atoms with Crippen LogP contribution in [0.15, 0.2) is 16.9 Å². The fourth-order valence-electron chi connectivity index (χ4n) is 1.81. The van der Waals surface area contributed by atoms with Crippen molar-refractivity contribution in [3.8, 4) is 0 Å². The Kier molecular flexibility index (Phi) is 2.77. The summed E-state index contributed by atoms with van der Waals surface area (Å²) in [5.41, 5.74) is 5.24. The highest BCUT2D eigenvalue weighted by molar-refractivity contribution is 5.97. The Morgan fingerprint density at radius 2 is 2.00 bits per heavy atom. The van der Waals surface area contributed by atoms with E-state index in [2.05, 4.69) is 19.6 Å². The van der Waals surface area contributed by atoms with Crippen molar-refractivity contribution >= 4 is 5.78 Å². The van der Waals surface area contributed by atoms with Crippen molar-refractivity contribution in [3.63, 3.8) is 0 Å². The molecule has 0 unspecified atom stereocenters. The molecule has 0 radical (unpaired) electrons. The van der Waals surface area contributed by atoms with Crippen LogP contribution in [0.5, 0.6) is 0 Å². The zero-order valence-corrected chi connectivity index (χ0v) is 9.03. The van der Waals surface area contributed by atoms with Gasteiger partial charge >= 0.3 is 0 Å². The largest absolute Gasteiger partial charge is 0.294 e. The van der Waals surface area contributed by atoms with Crippen molar-refractivity contribution < 1.29 is 4.79 Å². The zero-order valence-electron chi connectivity index (χ0n) is 9.03. The number of allylic oxidation sites excluding steroid dienone is 1. The fourth-order valence-corrected chi connectivity index (χ4v) is 1.81. The van der Waals surface area contributed by atoms with E-state index in [-0.39, 0.29) is 11.2 Å². The molecule has 0 heterocycles. The standard InChI is InChI=1S/C12H18O/c1-9(2)8-10-11(13)6-5-7-12(10,3)4/h5-7H2,1-4H3. The summed E-state index contributed by atoms with van der Waals surface area (Å²) < 4.78 is 0. The predicted molar refractivity (Wildman–Crippen MR) is 54.5 cm³/mol. The van der Waals surface area contributed by atoms with Gasteiger partial charge in [0.2, 0.25) is 0 Å². The van der Waals surface area contributed by atoms with E-state index in [9.17, 15) is 4.79 Å². The Labute approximate surface area is 80.5 Å². The van der Waals surface area contributed by atoms with Crippen molar-refractivity contribution in [2.24, 2.45) is 5.41 Å². The predicted octanol–water partition coefficient (Wildman–Crippen LogP) is 3.26. The molecule has 0 amide bonds. The highest BCUT2D eigenvalue weighted by Gasteiger charge is 2.32. The van der Waals surface area contributed by atoms with Gasteiger partial charge in [0, 0.05) is 17.4 Å². The topological polar surface area (TPSA) is 17.1 Å². The molecule has 1 aliphatic carbocycles. The molecule has 0 saturated heterocycles. The number of carbonyl (C=O) groups excluding carboxylic acids is 1. The second kappa shape index (κ2) is 3.51. The molecule has 0 aliphatic heterocycles. The van der Waals surface area contributed by atoms with E-state index in [1.807, 2.05) is 13.8 Å². The van der Waals surface area contributed by atoms with Crippen LogP contribution < -0.4 is 0 Å². The van der Waals surface area contributed by atoms with Gasteiger partial charge in [-0.3, -0.25) is 4.79 Å². The van der Waals surface area contributed by atoms with E-state index >= 15 is 0 Å². The van der Waals surface area contributed by atoms with Crippen molar-refractivity contribution in [1.29, 1.82) is 0 Å². The van der Waals surface area contributed by atoms with Gasteiger partial charge in [0.25, 0.3) is 0 Å². The van der Waals surface area contributed by atoms with Crippen LogP contribution in [0.4, 0.5) is 0 Å². The van der Waals surface area contributed by atoms with E-state index in [1.165, 1.54) is 0 Å². The molecule has 0 spiro atoms. The molecule has 13 heavy (non-hydrogen) atoms. The first-order chi connectivity index (χ1) is 5.93. The van der Waals surface area contributed by atoms with Gasteiger partial charge in [0.1, 0.15) is 0 Å². The average Bonchev–Trinajstić information content (AvgIpc) is 1.96. The minimum atomic E-state index is 0.0343. The Bertz CT molecular complexity index is 284. The molecule has 1 nitrogen and oxygen atoms in total. The van der Waals surface area contributed by atoms with Gasteiger partial charge in [0.15, 0.2) is 5.78 Å². The normalized spacial score (nSPS) is 21.2. The average molecular weight is 178 g/mol. The summed E-state index contributed by atoms with van der Waals surface area (Å²) in [6, 6.07) is 0. The van der Waals surface area contributed by atoms with E-state index in [0.717, 1.165) is 24.0 Å². The van der Waals surface area contributed by atoms with Gasteiger partial charge in [0.05, 0.1) is 0 Å². The zero-order chi connectivity index (χ0) is 10.1. The van der Waals surface area contributed by atoms with Gasteiger partial charge in [-0.1, -0.05) is 13.8 Å². The minimum Gasteiger partial charge on any atom is -0.294 e. The maximum Gasteiger partial charge on any atom is 0.167 e. The summed E-state index contributed by atoms with van der Waals surface area (Å²) >= 11 is 0. The molecule has 0 bridgehead atoms. The highest BCUT2D eigenvalue weighted by atomic mass is 16.1. The number of hydrogen-bond donors (Lipinski definition) is 0. The Morgan fingerprint density at radius 1 is 1.38 bits per heavy atom. The van der Waals surface area contributed by atoms with Crippen LogP contribution in [0.2, 0.25) is 0 Å². The SMILES string of the molecule is CC(C)=C=C1C(=O)CCCC1(C)C. The molecular formula is C12H18O. The second-order valence-corrected chi connectivity index (χ2v) is 4.66. The molecule has 1 fully saturated rings. The summed E-state index contributed by atoms with van der Waals surface area (Å²) in [4.78, 5) is 11.6. The second-order valence-electron chi connectivity index (χ2n) is 4.66. The lowest BCUT2D eigenvalue weighted by Gasteiger charge is -2.30. The Balaban J connectivity index is 3.16. The van der Waals surface area contributed by atoms with Crippen LogP contribution in [0.25, 0.3) is 0 Å². The summed E-state index contributed by atoms with van der Waals surface area (Å²) in [5.74, 6) is 0.289. The van der Waals surface area contributed by atoms with E-state index in [4.69, 9.17) is 0 Å². The molecule has 0 aromatic carbocycles. The molecule has 0 aromatic rings. The summed E-state index contributed by atoms with van der Waals surface area (Å²) in [5, 5.41) is 0. The van der Waals surface area contributed by atoms with Crippen LogP contribution >= 0.6 is 0 Å². The molecular weight excluding hydrogens is 160 g/mol. The summed E-state index contributed by atoms with van der Waals surface area (Å²) in [7, 11) is 0. The van der Waals surface area contributed by atoms with Crippen LogP contribution in [0, 0.1) is 5.41 Å². The van der Waals surface area contributed by atoms with Crippen LogP contribution in [0.3, 0.4) is 0 Å². The first-order valence-corrected chi connectivity index (χ1v) is 4.91. The molecule has 1 saturated carbocycles. The van der Waals surface area contributed by atoms with Crippen LogP contribution in [-0.4, -0.2) is 5.78 Å². The fraction of sp³-hybridized carbons (Fsp3) is 0.667. The lowest BCUT2D eigenvalue weighted by atomic mass is 9.73. The number of ketones is 1. The molecule has 72 valence electrons. The monoisotopic (exact) mass is 178 g/mol. The van der Waals surface area contributed by atoms with Crippen LogP contribution in [0.1, 0.15) is 47.0 Å². The quantitative estimate of drug-likeness (QED) is 0.411. The maximum absolute atomic E-state index is 11.6. The van der Waals surface area contributed by atoms with Crippen LogP contribution in [-0.2, 0) is 4.79 Å². The minimum absolute atomic E-state index is 0.0343. The third kappa shape index (κ3) is 2.32. The van der Waals surface area contributed by atoms with Gasteiger partial charge in [-0.05, 0) is 32.3 Å². The lowest BCUT2D eigenvalue weighted by Crippen LogP contribution is -2.25. The van der Waals surface area contributed by atoms with Crippen molar-refractivity contribution in [3.05, 3.63) is 16.9 Å². The molecule has 0 aromatic heterocycles. The first-order valence-electron chi connectivity index (χ1n) is 4.91. The van der Waals surface area contributed by atoms with Crippen molar-refractivity contribution in [2.75, 3.05) is 0 Å². The maximum atomic E-state index is 11.6. The van der Waals surface area contributed by atoms with Crippen molar-refractivity contribution in [1.82, 2.24) is 0 Å². The highest BCUT2D eigenvalue weighted by Crippen LogP contribution is 2.37. The van der Waals surface area contributed by atoms with Gasteiger partial charge in [-0.15, -0.1) is 5.73 Å². The molecule has 0 N–H and O–H groups in total. The molecule has 1 heteroatoms. The summed E-state index contributed by atoms with van der Waals surface area (Å²) in [6.07, 6.45) is 2.84. The molecule has 1 rings (SSSR count). The molecule has 0 atom stereocenters. The van der Waals surface area contributed by atoms with Gasteiger partial charge in [-0.2, -0.15) is 0 Å². The van der Waals surface area contributed by atoms with Gasteiger partial charge in [-0.25, -0.2) is 0 Å². The third-order valence-electron chi connectivity index (χ3n) is 2.54. The third-order valence-corrected chi connectivity index (χ3v) is 2.54. The first kappa shape index (κ1) is 10.3. The number of rotatable bonds is 0. The smallest absolute Gasteiger partial charge is 0.167 e. The summed E-state index contributed by atoms with van der Waals surface area (Å²) in [6.45, 7) is 8.25. The Hall–Kier alpha value is -0.810. The Morgan fingerprint density at radius 3 is 2.46 bits per heavy atom. The number of hydrogen-bond acceptors (Lipinski definition) is 1. The number of Topliss-reactive ketones (excluding diaryl/α,β-unsaturated/α-hetero) is 1. The van der Waals surface area contributed by atoms with E-state index in [0.29, 0.717) is 6.42 Å². The van der Waals surface area contributed by atoms with Gasteiger partial charge < -0.3 is 0 Å². The van der Waals surface area contributed by atoms with E-state index in [1.54, 1.807) is 0 Å². The van der Waals surface area contributed by atoms with E-state index < -0.39 is 0 Å².